The molecule has 0 spiro atoms. The second-order valence-corrected chi connectivity index (χ2v) is 6.96. The molecule has 1 amide bonds. The molecular formula is C23H26N2O4. The van der Waals surface area contributed by atoms with Crippen LogP contribution in [-0.4, -0.2) is 36.6 Å². The number of nitrogens with zero attached hydrogens (tertiary/aromatic N) is 1. The number of H-pyrrole nitrogens is 1. The normalized spacial score (nSPS) is 10.8. The summed E-state index contributed by atoms with van der Waals surface area (Å²) < 4.78 is 10.6. The first kappa shape index (κ1) is 20.5. The number of rotatable bonds is 7. The van der Waals surface area contributed by atoms with Gasteiger partial charge in [0.1, 0.15) is 0 Å². The van der Waals surface area contributed by atoms with Gasteiger partial charge in [0.15, 0.2) is 11.5 Å². The summed E-state index contributed by atoms with van der Waals surface area (Å²) in [6.45, 7) is 4.74. The molecule has 2 aromatic carbocycles. The van der Waals surface area contributed by atoms with Crippen molar-refractivity contribution in [3.63, 3.8) is 0 Å². The number of ether oxygens (including phenoxy) is 2. The fraction of sp³-hybridized carbons (Fsp3) is 0.304. The Hall–Kier alpha value is -3.28. The van der Waals surface area contributed by atoms with Crippen LogP contribution in [0.15, 0.2) is 47.3 Å². The van der Waals surface area contributed by atoms with Crippen molar-refractivity contribution in [1.82, 2.24) is 9.88 Å². The quantitative estimate of drug-likeness (QED) is 0.660. The highest BCUT2D eigenvalue weighted by atomic mass is 16.5. The second kappa shape index (κ2) is 8.82. The Bertz CT molecular complexity index is 1090. The zero-order valence-electron chi connectivity index (χ0n) is 17.2. The van der Waals surface area contributed by atoms with E-state index in [1.165, 1.54) is 7.11 Å². The molecular weight excluding hydrogens is 368 g/mol. The molecule has 0 aliphatic heterocycles. The Morgan fingerprint density at radius 2 is 1.83 bits per heavy atom. The van der Waals surface area contributed by atoms with Crippen molar-refractivity contribution in [2.75, 3.05) is 20.8 Å². The van der Waals surface area contributed by atoms with Crippen LogP contribution in [-0.2, 0) is 6.54 Å². The predicted octanol–water partition coefficient (Wildman–Crippen LogP) is 3.91. The molecule has 1 aromatic heterocycles. The summed E-state index contributed by atoms with van der Waals surface area (Å²) in [5.41, 5.74) is 2.72. The van der Waals surface area contributed by atoms with Crippen LogP contribution in [0, 0.1) is 6.92 Å². The topological polar surface area (TPSA) is 71.6 Å². The lowest BCUT2D eigenvalue weighted by Gasteiger charge is -2.22. The minimum absolute atomic E-state index is 0.156. The van der Waals surface area contributed by atoms with Gasteiger partial charge in [-0.3, -0.25) is 9.59 Å². The van der Waals surface area contributed by atoms with Gasteiger partial charge in [-0.2, -0.15) is 0 Å². The maximum Gasteiger partial charge on any atom is 0.254 e. The lowest BCUT2D eigenvalue weighted by molar-refractivity contribution is 0.0742. The van der Waals surface area contributed by atoms with Crippen molar-refractivity contribution in [2.24, 2.45) is 0 Å². The molecule has 0 radical (unpaired) electrons. The van der Waals surface area contributed by atoms with Crippen LogP contribution < -0.4 is 15.0 Å². The fourth-order valence-corrected chi connectivity index (χ4v) is 3.43. The molecule has 6 heteroatoms. The molecule has 29 heavy (non-hydrogen) atoms. The molecule has 0 saturated carbocycles. The number of aromatic nitrogens is 1. The lowest BCUT2D eigenvalue weighted by atomic mass is 10.1. The monoisotopic (exact) mass is 394 g/mol. The zero-order valence-corrected chi connectivity index (χ0v) is 17.2. The first-order chi connectivity index (χ1) is 14.0. The number of aromatic amines is 1. The van der Waals surface area contributed by atoms with Crippen molar-refractivity contribution in [1.29, 1.82) is 0 Å². The van der Waals surface area contributed by atoms with Gasteiger partial charge >= 0.3 is 0 Å². The third kappa shape index (κ3) is 4.26. The summed E-state index contributed by atoms with van der Waals surface area (Å²) >= 11 is 0. The van der Waals surface area contributed by atoms with E-state index in [1.807, 2.05) is 38.1 Å². The van der Waals surface area contributed by atoms with Crippen molar-refractivity contribution in [2.45, 2.75) is 26.8 Å². The average Bonchev–Trinajstić information content (AvgIpc) is 2.73. The van der Waals surface area contributed by atoms with Crippen molar-refractivity contribution < 1.29 is 14.3 Å². The van der Waals surface area contributed by atoms with Crippen molar-refractivity contribution in [3.05, 3.63) is 69.5 Å². The highest BCUT2D eigenvalue weighted by molar-refractivity contribution is 5.95. The van der Waals surface area contributed by atoms with E-state index in [2.05, 4.69) is 4.98 Å². The smallest absolute Gasteiger partial charge is 0.254 e. The fourth-order valence-electron chi connectivity index (χ4n) is 3.43. The number of fused-ring (bicyclic) bond motifs is 1. The molecule has 3 rings (SSSR count). The molecule has 0 bridgehead atoms. The Balaban J connectivity index is 1.94. The summed E-state index contributed by atoms with van der Waals surface area (Å²) in [4.78, 5) is 30.4. The standard InChI is InChI=1S/C23H26N2O4/c1-5-11-25(23(27)17-9-10-19(28-3)20(13-17)29-4)14-18-12-16-8-6-7-15(2)21(16)24-22(18)26/h6-10,12-13H,5,11,14H2,1-4H3,(H,24,26). The molecule has 0 atom stereocenters. The van der Waals surface area contributed by atoms with E-state index in [0.717, 1.165) is 22.9 Å². The van der Waals surface area contributed by atoms with Gasteiger partial charge in [-0.05, 0) is 48.6 Å². The van der Waals surface area contributed by atoms with Crippen LogP contribution >= 0.6 is 0 Å². The Kier molecular flexibility index (Phi) is 6.22. The number of hydrogen-bond acceptors (Lipinski definition) is 4. The van der Waals surface area contributed by atoms with Crippen LogP contribution in [0.2, 0.25) is 0 Å². The molecule has 0 aliphatic rings. The first-order valence-electron chi connectivity index (χ1n) is 9.61. The molecule has 3 aromatic rings. The van der Waals surface area contributed by atoms with Crippen LogP contribution in [0.4, 0.5) is 0 Å². The number of hydrogen-bond donors (Lipinski definition) is 1. The van der Waals surface area contributed by atoms with Crippen LogP contribution in [0.1, 0.15) is 34.8 Å². The van der Waals surface area contributed by atoms with Crippen molar-refractivity contribution >= 4 is 16.8 Å². The molecule has 0 saturated heterocycles. The highest BCUT2D eigenvalue weighted by Gasteiger charge is 2.19. The second-order valence-electron chi connectivity index (χ2n) is 6.96. The molecule has 152 valence electrons. The number of methoxy groups -OCH3 is 2. The summed E-state index contributed by atoms with van der Waals surface area (Å²) in [5, 5.41) is 0.953. The molecule has 1 heterocycles. The number of nitrogens with one attached hydrogen (secondary N) is 1. The minimum Gasteiger partial charge on any atom is -0.493 e. The third-order valence-electron chi connectivity index (χ3n) is 4.94. The number of carbonyl (C=O) groups is 1. The molecule has 0 fully saturated rings. The van der Waals surface area contributed by atoms with Crippen molar-refractivity contribution in [3.8, 4) is 11.5 Å². The van der Waals surface area contributed by atoms with Gasteiger partial charge in [0.05, 0.1) is 26.3 Å². The van der Waals surface area contributed by atoms with E-state index in [0.29, 0.717) is 29.2 Å². The Morgan fingerprint density at radius 1 is 1.07 bits per heavy atom. The van der Waals surface area contributed by atoms with E-state index >= 15 is 0 Å². The third-order valence-corrected chi connectivity index (χ3v) is 4.94. The van der Waals surface area contributed by atoms with Gasteiger partial charge in [0, 0.05) is 17.7 Å². The highest BCUT2D eigenvalue weighted by Crippen LogP contribution is 2.28. The predicted molar refractivity (Wildman–Crippen MR) is 114 cm³/mol. The Morgan fingerprint density at radius 3 is 2.52 bits per heavy atom. The maximum atomic E-state index is 13.2. The van der Waals surface area contributed by atoms with Gasteiger partial charge < -0.3 is 19.4 Å². The number of pyridine rings is 1. The average molecular weight is 394 g/mol. The van der Waals surface area contributed by atoms with Gasteiger partial charge in [-0.15, -0.1) is 0 Å². The summed E-state index contributed by atoms with van der Waals surface area (Å²) in [6.07, 6.45) is 0.781. The van der Waals surface area contributed by atoms with Gasteiger partial charge in [-0.25, -0.2) is 0 Å². The number of carbonyl (C=O) groups excluding carboxylic acids is 1. The number of aryl methyl sites for hydroxylation is 1. The van der Waals surface area contributed by atoms with Crippen LogP contribution in [0.5, 0.6) is 11.5 Å². The summed E-state index contributed by atoms with van der Waals surface area (Å²) in [5.74, 6) is 0.901. The number of para-hydroxylation sites is 1. The lowest BCUT2D eigenvalue weighted by Crippen LogP contribution is -2.33. The van der Waals surface area contributed by atoms with Gasteiger partial charge in [-0.1, -0.05) is 25.1 Å². The van der Waals surface area contributed by atoms with Gasteiger partial charge in [0.2, 0.25) is 0 Å². The van der Waals surface area contributed by atoms with E-state index < -0.39 is 0 Å². The van der Waals surface area contributed by atoms with E-state index in [4.69, 9.17) is 9.47 Å². The largest absolute Gasteiger partial charge is 0.493 e. The molecule has 0 unspecified atom stereocenters. The molecule has 0 aliphatic carbocycles. The maximum absolute atomic E-state index is 13.2. The molecule has 1 N–H and O–H groups in total. The van der Waals surface area contributed by atoms with Crippen LogP contribution in [0.25, 0.3) is 10.9 Å². The van der Waals surface area contributed by atoms with E-state index in [9.17, 15) is 9.59 Å². The van der Waals surface area contributed by atoms with Crippen LogP contribution in [0.3, 0.4) is 0 Å². The van der Waals surface area contributed by atoms with E-state index in [-0.39, 0.29) is 18.0 Å². The van der Waals surface area contributed by atoms with Gasteiger partial charge in [0.25, 0.3) is 11.5 Å². The Labute approximate surface area is 170 Å². The summed E-state index contributed by atoms with van der Waals surface area (Å²) in [6, 6.07) is 12.8. The number of benzene rings is 2. The molecule has 6 nitrogen and oxygen atoms in total. The minimum atomic E-state index is -0.173. The first-order valence-corrected chi connectivity index (χ1v) is 9.61. The SMILES string of the molecule is CCCN(Cc1cc2cccc(C)c2[nH]c1=O)C(=O)c1ccc(OC)c(OC)c1. The zero-order chi connectivity index (χ0) is 21.0. The number of amides is 1. The van der Waals surface area contributed by atoms with E-state index in [1.54, 1.807) is 30.2 Å². The summed E-state index contributed by atoms with van der Waals surface area (Å²) in [7, 11) is 3.09.